The quantitative estimate of drug-likeness (QED) is 0.245. The maximum Gasteiger partial charge on any atom is 0.311 e. The summed E-state index contributed by atoms with van der Waals surface area (Å²) in [6.07, 6.45) is 5.82. The van der Waals surface area contributed by atoms with Gasteiger partial charge >= 0.3 is 5.97 Å². The van der Waals surface area contributed by atoms with Crippen LogP contribution in [0.15, 0.2) is 12.2 Å². The minimum absolute atomic E-state index is 0.0209. The van der Waals surface area contributed by atoms with Gasteiger partial charge in [0, 0.05) is 23.7 Å². The van der Waals surface area contributed by atoms with Crippen LogP contribution in [0.1, 0.15) is 33.1 Å². The molecule has 0 amide bonds. The van der Waals surface area contributed by atoms with E-state index in [4.69, 9.17) is 9.47 Å². The second-order valence-corrected chi connectivity index (χ2v) is 7.60. The standard InChI is InChI=1S/C19H24O5/c1-3-4-7-23-9(2)24-19(22)13-8-12-14-10-5-6-11(17(10)20)15(14)16(13)18(12)21/h5-6,9-16H,3-4,7-8H2,1-2H3. The second kappa shape index (κ2) is 5.80. The zero-order valence-corrected chi connectivity index (χ0v) is 14.1. The van der Waals surface area contributed by atoms with Crippen LogP contribution in [0.4, 0.5) is 0 Å². The minimum atomic E-state index is -0.587. The summed E-state index contributed by atoms with van der Waals surface area (Å²) in [6.45, 7) is 4.35. The van der Waals surface area contributed by atoms with Crippen molar-refractivity contribution in [2.24, 2.45) is 41.4 Å². The number of hydrogen-bond donors (Lipinski definition) is 0. The van der Waals surface area contributed by atoms with E-state index in [-0.39, 0.29) is 53.0 Å². The van der Waals surface area contributed by atoms with Crippen LogP contribution in [-0.4, -0.2) is 30.4 Å². The lowest BCUT2D eigenvalue weighted by molar-refractivity contribution is -0.182. The van der Waals surface area contributed by atoms with E-state index in [0.717, 1.165) is 12.8 Å². The van der Waals surface area contributed by atoms with Gasteiger partial charge in [-0.2, -0.15) is 0 Å². The number of rotatable bonds is 6. The van der Waals surface area contributed by atoms with E-state index < -0.39 is 12.2 Å². The summed E-state index contributed by atoms with van der Waals surface area (Å²) in [5.41, 5.74) is 0. The Morgan fingerprint density at radius 2 is 1.92 bits per heavy atom. The molecule has 24 heavy (non-hydrogen) atoms. The van der Waals surface area contributed by atoms with Crippen LogP contribution in [0.3, 0.4) is 0 Å². The predicted molar refractivity (Wildman–Crippen MR) is 84.6 cm³/mol. The lowest BCUT2D eigenvalue weighted by atomic mass is 9.69. The molecule has 4 bridgehead atoms. The van der Waals surface area contributed by atoms with Gasteiger partial charge in [-0.15, -0.1) is 0 Å². The van der Waals surface area contributed by atoms with E-state index >= 15 is 0 Å². The molecule has 0 aromatic carbocycles. The van der Waals surface area contributed by atoms with Crippen LogP contribution >= 0.6 is 0 Å². The van der Waals surface area contributed by atoms with Crippen LogP contribution in [0, 0.1) is 41.4 Å². The van der Waals surface area contributed by atoms with Crippen molar-refractivity contribution in [3.63, 3.8) is 0 Å². The summed E-state index contributed by atoms with van der Waals surface area (Å²) in [4.78, 5) is 37.5. The highest BCUT2D eigenvalue weighted by molar-refractivity contribution is 6.01. The first-order valence-electron chi connectivity index (χ1n) is 9.12. The molecule has 0 radical (unpaired) electrons. The van der Waals surface area contributed by atoms with Crippen molar-refractivity contribution in [3.05, 3.63) is 12.2 Å². The maximum atomic E-state index is 12.6. The largest absolute Gasteiger partial charge is 0.436 e. The zero-order chi connectivity index (χ0) is 17.0. The molecule has 4 rings (SSSR count). The molecule has 4 aliphatic carbocycles. The van der Waals surface area contributed by atoms with Crippen molar-refractivity contribution in [3.8, 4) is 0 Å². The average molecular weight is 332 g/mol. The monoisotopic (exact) mass is 332 g/mol. The minimum Gasteiger partial charge on any atom is -0.436 e. The summed E-state index contributed by atoms with van der Waals surface area (Å²) in [5.74, 6) is -0.883. The molecule has 3 saturated carbocycles. The molecule has 0 spiro atoms. The molecule has 4 aliphatic rings. The van der Waals surface area contributed by atoms with Gasteiger partial charge in [-0.1, -0.05) is 25.5 Å². The Balaban J connectivity index is 1.44. The van der Waals surface area contributed by atoms with E-state index in [1.807, 2.05) is 12.2 Å². The van der Waals surface area contributed by atoms with E-state index in [1.54, 1.807) is 6.92 Å². The maximum absolute atomic E-state index is 12.6. The molecule has 0 aromatic heterocycles. The van der Waals surface area contributed by atoms with Gasteiger partial charge in [0.15, 0.2) is 6.29 Å². The Morgan fingerprint density at radius 1 is 1.21 bits per heavy atom. The summed E-state index contributed by atoms with van der Waals surface area (Å²) >= 11 is 0. The highest BCUT2D eigenvalue weighted by Gasteiger charge is 2.69. The molecule has 8 unspecified atom stereocenters. The normalized spacial score (nSPS) is 42.7. The van der Waals surface area contributed by atoms with Gasteiger partial charge in [0.05, 0.1) is 12.5 Å². The van der Waals surface area contributed by atoms with E-state index in [9.17, 15) is 14.4 Å². The average Bonchev–Trinajstić information content (AvgIpc) is 3.25. The van der Waals surface area contributed by atoms with Crippen molar-refractivity contribution in [2.75, 3.05) is 6.61 Å². The van der Waals surface area contributed by atoms with Crippen LogP contribution in [0.2, 0.25) is 0 Å². The first-order chi connectivity index (χ1) is 11.5. The molecule has 5 heteroatoms. The van der Waals surface area contributed by atoms with Crippen LogP contribution < -0.4 is 0 Å². The molecule has 0 N–H and O–H groups in total. The third-order valence-electron chi connectivity index (χ3n) is 6.41. The molecule has 130 valence electrons. The fourth-order valence-corrected chi connectivity index (χ4v) is 5.46. The van der Waals surface area contributed by atoms with Crippen molar-refractivity contribution >= 4 is 17.5 Å². The van der Waals surface area contributed by atoms with Crippen molar-refractivity contribution in [1.29, 1.82) is 0 Å². The highest BCUT2D eigenvalue weighted by Crippen LogP contribution is 2.64. The Kier molecular flexibility index (Phi) is 3.87. The Morgan fingerprint density at radius 3 is 2.62 bits per heavy atom. The van der Waals surface area contributed by atoms with E-state index in [0.29, 0.717) is 13.0 Å². The van der Waals surface area contributed by atoms with Gasteiger partial charge in [0.2, 0.25) is 0 Å². The van der Waals surface area contributed by atoms with Crippen molar-refractivity contribution < 1.29 is 23.9 Å². The van der Waals surface area contributed by atoms with Crippen LogP contribution in [-0.2, 0) is 23.9 Å². The number of unbranched alkanes of at least 4 members (excludes halogenated alkanes) is 1. The van der Waals surface area contributed by atoms with Gasteiger partial charge < -0.3 is 9.47 Å². The highest BCUT2D eigenvalue weighted by atomic mass is 16.7. The molecule has 5 nitrogen and oxygen atoms in total. The molecule has 0 aromatic rings. The topological polar surface area (TPSA) is 69.7 Å². The predicted octanol–water partition coefficient (Wildman–Crippen LogP) is 2.14. The first kappa shape index (κ1) is 16.0. The zero-order valence-electron chi connectivity index (χ0n) is 14.1. The number of hydrogen-bond acceptors (Lipinski definition) is 5. The van der Waals surface area contributed by atoms with Crippen LogP contribution in [0.25, 0.3) is 0 Å². The fraction of sp³-hybridized carbons (Fsp3) is 0.737. The summed E-state index contributed by atoms with van der Waals surface area (Å²) in [5, 5.41) is 0. The third-order valence-corrected chi connectivity index (χ3v) is 6.41. The Labute approximate surface area is 141 Å². The summed E-state index contributed by atoms with van der Waals surface area (Å²) in [6, 6.07) is 0. The molecular weight excluding hydrogens is 308 g/mol. The summed E-state index contributed by atoms with van der Waals surface area (Å²) < 4.78 is 10.9. The number of Topliss-reactive ketones (excluding diaryl/α,β-unsaturated/α-hetero) is 2. The number of ether oxygens (including phenoxy) is 2. The number of esters is 1. The molecule has 8 atom stereocenters. The van der Waals surface area contributed by atoms with Gasteiger partial charge in [0.25, 0.3) is 0 Å². The Bertz CT molecular complexity index is 609. The van der Waals surface area contributed by atoms with Crippen LogP contribution in [0.5, 0.6) is 0 Å². The van der Waals surface area contributed by atoms with Crippen molar-refractivity contribution in [1.82, 2.24) is 0 Å². The first-order valence-corrected chi connectivity index (χ1v) is 9.12. The number of carbonyl (C=O) groups is 3. The molecule has 0 heterocycles. The van der Waals surface area contributed by atoms with Gasteiger partial charge in [-0.05, 0) is 31.6 Å². The number of carbonyl (C=O) groups excluding carboxylic acids is 3. The van der Waals surface area contributed by atoms with E-state index in [2.05, 4.69) is 6.92 Å². The number of ketones is 2. The molecule has 3 fully saturated rings. The smallest absolute Gasteiger partial charge is 0.311 e. The Hall–Kier alpha value is -1.49. The number of allylic oxidation sites excluding steroid dienone is 2. The van der Waals surface area contributed by atoms with Gasteiger partial charge in [-0.25, -0.2) is 0 Å². The van der Waals surface area contributed by atoms with Crippen molar-refractivity contribution in [2.45, 2.75) is 39.4 Å². The third kappa shape index (κ3) is 2.13. The number of fused-ring (bicyclic) bond motifs is 9. The molecular formula is C19H24O5. The molecule has 0 aliphatic heterocycles. The SMILES string of the molecule is CCCCOC(C)OC(=O)C1CC2C(=O)C1C1C3C=CC(C3=O)C21. The lowest BCUT2D eigenvalue weighted by Gasteiger charge is -2.33. The van der Waals surface area contributed by atoms with Gasteiger partial charge in [0.1, 0.15) is 11.6 Å². The lowest BCUT2D eigenvalue weighted by Crippen LogP contribution is -2.36. The van der Waals surface area contributed by atoms with Gasteiger partial charge in [-0.3, -0.25) is 14.4 Å². The summed E-state index contributed by atoms with van der Waals surface area (Å²) in [7, 11) is 0. The fourth-order valence-electron chi connectivity index (χ4n) is 5.46. The van der Waals surface area contributed by atoms with E-state index in [1.165, 1.54) is 0 Å². The molecule has 0 saturated heterocycles. The second-order valence-electron chi connectivity index (χ2n) is 7.60.